The van der Waals surface area contributed by atoms with Crippen molar-refractivity contribution in [3.8, 4) is 0 Å². The van der Waals surface area contributed by atoms with E-state index in [1.807, 2.05) is 12.1 Å². The first kappa shape index (κ1) is 14.4. The highest BCUT2D eigenvalue weighted by Crippen LogP contribution is 2.26. The molecule has 1 fully saturated rings. The highest BCUT2D eigenvalue weighted by atomic mass is 19.1. The Morgan fingerprint density at radius 2 is 2.10 bits per heavy atom. The highest BCUT2D eigenvalue weighted by molar-refractivity contribution is 5.81. The van der Waals surface area contributed by atoms with Crippen LogP contribution in [0, 0.1) is 5.82 Å². The van der Waals surface area contributed by atoms with Crippen LogP contribution in [0.5, 0.6) is 0 Å². The van der Waals surface area contributed by atoms with Gasteiger partial charge in [-0.15, -0.1) is 0 Å². The smallest absolute Gasteiger partial charge is 0.124 e. The van der Waals surface area contributed by atoms with Crippen molar-refractivity contribution in [1.82, 2.24) is 9.88 Å². The van der Waals surface area contributed by atoms with Crippen LogP contribution in [-0.2, 0) is 6.54 Å². The molecule has 0 aliphatic heterocycles. The predicted molar refractivity (Wildman–Crippen MR) is 81.5 cm³/mol. The van der Waals surface area contributed by atoms with Crippen molar-refractivity contribution in [3.63, 3.8) is 0 Å². The Hall–Kier alpha value is -1.52. The fourth-order valence-electron chi connectivity index (χ4n) is 3.36. The van der Waals surface area contributed by atoms with E-state index in [0.29, 0.717) is 19.1 Å². The number of halogens is 1. The summed E-state index contributed by atoms with van der Waals surface area (Å²) in [7, 11) is 0. The number of fused-ring (bicyclic) bond motifs is 1. The lowest BCUT2D eigenvalue weighted by molar-refractivity contribution is 0.145. The van der Waals surface area contributed by atoms with Crippen LogP contribution < -0.4 is 0 Å². The van der Waals surface area contributed by atoms with Crippen molar-refractivity contribution in [3.05, 3.63) is 41.8 Å². The Morgan fingerprint density at radius 1 is 1.29 bits per heavy atom. The van der Waals surface area contributed by atoms with Gasteiger partial charge in [-0.25, -0.2) is 4.39 Å². The Balaban J connectivity index is 1.91. The van der Waals surface area contributed by atoms with Crippen LogP contribution >= 0.6 is 0 Å². The van der Waals surface area contributed by atoms with E-state index in [0.717, 1.165) is 16.5 Å². The zero-order valence-electron chi connectivity index (χ0n) is 12.1. The van der Waals surface area contributed by atoms with Gasteiger partial charge in [0.25, 0.3) is 0 Å². The number of aliphatic hydroxyl groups excluding tert-OH is 1. The monoisotopic (exact) mass is 288 g/mol. The van der Waals surface area contributed by atoms with E-state index in [-0.39, 0.29) is 12.4 Å². The third-order valence-electron chi connectivity index (χ3n) is 4.35. The predicted octanol–water partition coefficient (Wildman–Crippen LogP) is 3.11. The summed E-state index contributed by atoms with van der Waals surface area (Å²) in [4.78, 5) is 6.68. The van der Waals surface area contributed by atoms with E-state index in [9.17, 15) is 9.50 Å². The molecule has 0 bridgehead atoms. The van der Waals surface area contributed by atoms with Crippen molar-refractivity contribution < 1.29 is 9.50 Å². The third kappa shape index (κ3) is 3.22. The number of hydrogen-bond donors (Lipinski definition) is 1. The Bertz CT molecular complexity index is 611. The molecule has 3 nitrogen and oxygen atoms in total. The molecule has 2 aromatic rings. The normalized spacial score (nSPS) is 16.1. The number of aliphatic hydroxyl groups is 1. The molecule has 21 heavy (non-hydrogen) atoms. The second-order valence-corrected chi connectivity index (χ2v) is 5.77. The molecular formula is C17H21FN2O. The maximum Gasteiger partial charge on any atom is 0.124 e. The van der Waals surface area contributed by atoms with Gasteiger partial charge in [0.1, 0.15) is 5.82 Å². The van der Waals surface area contributed by atoms with E-state index < -0.39 is 0 Å². The minimum absolute atomic E-state index is 0.136. The fourth-order valence-corrected chi connectivity index (χ4v) is 3.36. The quantitative estimate of drug-likeness (QED) is 0.918. The van der Waals surface area contributed by atoms with Crippen molar-refractivity contribution >= 4 is 10.9 Å². The van der Waals surface area contributed by atoms with Crippen molar-refractivity contribution in [2.45, 2.75) is 38.3 Å². The average Bonchev–Trinajstić information content (AvgIpc) is 3.00. The minimum atomic E-state index is -0.221. The van der Waals surface area contributed by atoms with Crippen LogP contribution in [0.1, 0.15) is 31.2 Å². The van der Waals surface area contributed by atoms with Gasteiger partial charge in [0.2, 0.25) is 0 Å². The summed E-state index contributed by atoms with van der Waals surface area (Å²) in [6.07, 6.45) is 6.57. The maximum absolute atomic E-state index is 13.8. The van der Waals surface area contributed by atoms with Gasteiger partial charge in [0.05, 0.1) is 12.1 Å². The molecule has 1 aliphatic carbocycles. The summed E-state index contributed by atoms with van der Waals surface area (Å²) in [6, 6.07) is 7.32. The first-order valence-corrected chi connectivity index (χ1v) is 7.66. The molecule has 4 heteroatoms. The van der Waals surface area contributed by atoms with Gasteiger partial charge >= 0.3 is 0 Å². The van der Waals surface area contributed by atoms with Crippen LogP contribution in [0.4, 0.5) is 4.39 Å². The molecular weight excluding hydrogens is 267 g/mol. The van der Waals surface area contributed by atoms with Crippen molar-refractivity contribution in [2.75, 3.05) is 13.2 Å². The van der Waals surface area contributed by atoms with Gasteiger partial charge in [-0.3, -0.25) is 9.88 Å². The third-order valence-corrected chi connectivity index (χ3v) is 4.35. The molecule has 3 rings (SSSR count). The number of rotatable bonds is 5. The molecule has 1 saturated carbocycles. The lowest BCUT2D eigenvalue weighted by Crippen LogP contribution is -2.35. The molecule has 0 radical (unpaired) electrons. The standard InChI is InChI=1S/C17H21FN2O/c18-15-10-13-4-3-7-19-17(13)14(11-15)12-20(8-9-21)16-5-1-2-6-16/h3-4,7,10-11,16,21H,1-2,5-6,8-9,12H2. The van der Waals surface area contributed by atoms with E-state index in [1.54, 1.807) is 12.3 Å². The molecule has 1 heterocycles. The van der Waals surface area contributed by atoms with E-state index in [1.165, 1.54) is 31.7 Å². The van der Waals surface area contributed by atoms with Gasteiger partial charge < -0.3 is 5.11 Å². The molecule has 0 atom stereocenters. The van der Waals surface area contributed by atoms with Gasteiger partial charge in [0.15, 0.2) is 0 Å². The summed E-state index contributed by atoms with van der Waals surface area (Å²) in [6.45, 7) is 1.42. The summed E-state index contributed by atoms with van der Waals surface area (Å²) < 4.78 is 13.8. The molecule has 1 aromatic carbocycles. The lowest BCUT2D eigenvalue weighted by Gasteiger charge is -2.28. The van der Waals surface area contributed by atoms with Crippen LogP contribution in [0.15, 0.2) is 30.5 Å². The lowest BCUT2D eigenvalue weighted by atomic mass is 10.1. The van der Waals surface area contributed by atoms with Crippen molar-refractivity contribution in [2.24, 2.45) is 0 Å². The largest absolute Gasteiger partial charge is 0.395 e. The number of pyridine rings is 1. The molecule has 0 spiro atoms. The first-order valence-electron chi connectivity index (χ1n) is 7.66. The summed E-state index contributed by atoms with van der Waals surface area (Å²) in [5, 5.41) is 10.1. The van der Waals surface area contributed by atoms with Crippen LogP contribution in [0.25, 0.3) is 10.9 Å². The van der Waals surface area contributed by atoms with Gasteiger partial charge in [-0.1, -0.05) is 18.9 Å². The van der Waals surface area contributed by atoms with E-state index in [2.05, 4.69) is 9.88 Å². The number of nitrogens with zero attached hydrogens (tertiary/aromatic N) is 2. The Morgan fingerprint density at radius 3 is 2.86 bits per heavy atom. The average molecular weight is 288 g/mol. The summed E-state index contributed by atoms with van der Waals surface area (Å²) >= 11 is 0. The van der Waals surface area contributed by atoms with Gasteiger partial charge in [0, 0.05) is 30.7 Å². The highest BCUT2D eigenvalue weighted by Gasteiger charge is 2.23. The van der Waals surface area contributed by atoms with E-state index >= 15 is 0 Å². The summed E-state index contributed by atoms with van der Waals surface area (Å²) in [5.74, 6) is -0.221. The van der Waals surface area contributed by atoms with Crippen LogP contribution in [0.2, 0.25) is 0 Å². The van der Waals surface area contributed by atoms with Gasteiger partial charge in [-0.2, -0.15) is 0 Å². The molecule has 1 aromatic heterocycles. The van der Waals surface area contributed by atoms with E-state index in [4.69, 9.17) is 0 Å². The molecule has 0 saturated heterocycles. The second kappa shape index (κ2) is 6.50. The molecule has 112 valence electrons. The van der Waals surface area contributed by atoms with Crippen LogP contribution in [0.3, 0.4) is 0 Å². The zero-order valence-corrected chi connectivity index (χ0v) is 12.1. The minimum Gasteiger partial charge on any atom is -0.395 e. The topological polar surface area (TPSA) is 36.4 Å². The Kier molecular flexibility index (Phi) is 4.46. The number of benzene rings is 1. The SMILES string of the molecule is OCCN(Cc1cc(F)cc2cccnc12)C1CCCC1. The Labute approximate surface area is 124 Å². The molecule has 1 N–H and O–H groups in total. The zero-order chi connectivity index (χ0) is 14.7. The molecule has 0 amide bonds. The molecule has 0 unspecified atom stereocenters. The first-order chi connectivity index (χ1) is 10.3. The second-order valence-electron chi connectivity index (χ2n) is 5.77. The fraction of sp³-hybridized carbons (Fsp3) is 0.471. The number of aromatic nitrogens is 1. The molecule has 1 aliphatic rings. The van der Waals surface area contributed by atoms with Crippen molar-refractivity contribution in [1.29, 1.82) is 0 Å². The van der Waals surface area contributed by atoms with Crippen LogP contribution in [-0.4, -0.2) is 34.2 Å². The maximum atomic E-state index is 13.8. The summed E-state index contributed by atoms with van der Waals surface area (Å²) in [5.41, 5.74) is 1.77. The number of hydrogen-bond acceptors (Lipinski definition) is 3. The van der Waals surface area contributed by atoms with Gasteiger partial charge in [-0.05, 0) is 36.6 Å².